The Morgan fingerprint density at radius 3 is 2.89 bits per heavy atom. The van der Waals surface area contributed by atoms with Crippen molar-refractivity contribution >= 4 is 12.4 Å². The first kappa shape index (κ1) is 14.0. The summed E-state index contributed by atoms with van der Waals surface area (Å²) in [6, 6.07) is 12.8. The number of nitrogens with one attached hydrogen (secondary N) is 1. The summed E-state index contributed by atoms with van der Waals surface area (Å²) < 4.78 is 0. The number of benzene rings is 1. The monoisotopic (exact) mass is 274 g/mol. The third-order valence-electron chi connectivity index (χ3n) is 3.66. The van der Waals surface area contributed by atoms with Gasteiger partial charge in [-0.05, 0) is 48.2 Å². The molecule has 1 aliphatic heterocycles. The van der Waals surface area contributed by atoms with Crippen LogP contribution in [0.2, 0.25) is 0 Å². The van der Waals surface area contributed by atoms with Crippen molar-refractivity contribution in [2.24, 2.45) is 0 Å². The molecule has 2 heterocycles. The van der Waals surface area contributed by atoms with Gasteiger partial charge in [0.2, 0.25) is 0 Å². The highest BCUT2D eigenvalue weighted by molar-refractivity contribution is 5.85. The third-order valence-corrected chi connectivity index (χ3v) is 3.66. The zero-order valence-electron chi connectivity index (χ0n) is 11.1. The minimum absolute atomic E-state index is 0. The topological polar surface area (TPSA) is 24.9 Å². The lowest BCUT2D eigenvalue weighted by Gasteiger charge is -2.13. The van der Waals surface area contributed by atoms with Gasteiger partial charge in [-0.1, -0.05) is 25.1 Å². The number of hydrogen-bond donors (Lipinski definition) is 1. The van der Waals surface area contributed by atoms with Crippen LogP contribution in [0.15, 0.2) is 42.6 Å². The first-order chi connectivity index (χ1) is 8.84. The van der Waals surface area contributed by atoms with E-state index in [1.54, 1.807) is 0 Å². The predicted molar refractivity (Wildman–Crippen MR) is 81.9 cm³/mol. The Morgan fingerprint density at radius 1 is 1.21 bits per heavy atom. The molecular weight excluding hydrogens is 256 g/mol. The molecule has 0 spiro atoms. The molecule has 0 saturated carbocycles. The molecule has 2 aromatic rings. The van der Waals surface area contributed by atoms with Crippen LogP contribution < -0.4 is 5.32 Å². The van der Waals surface area contributed by atoms with E-state index in [-0.39, 0.29) is 12.4 Å². The molecule has 0 unspecified atom stereocenters. The van der Waals surface area contributed by atoms with Crippen LogP contribution in [0.25, 0.3) is 11.3 Å². The van der Waals surface area contributed by atoms with E-state index in [0.29, 0.717) is 5.92 Å². The lowest BCUT2D eigenvalue weighted by Crippen LogP contribution is -2.18. The van der Waals surface area contributed by atoms with Gasteiger partial charge in [-0.3, -0.25) is 4.98 Å². The molecule has 0 fully saturated rings. The van der Waals surface area contributed by atoms with E-state index in [1.807, 2.05) is 18.3 Å². The average Bonchev–Trinajstić information content (AvgIpc) is 2.62. The molecule has 3 rings (SSSR count). The van der Waals surface area contributed by atoms with Gasteiger partial charge < -0.3 is 5.32 Å². The number of fused-ring (bicyclic) bond motifs is 1. The summed E-state index contributed by atoms with van der Waals surface area (Å²) in [5.41, 5.74) is 5.24. The van der Waals surface area contributed by atoms with Gasteiger partial charge in [0.1, 0.15) is 0 Å². The number of pyridine rings is 1. The van der Waals surface area contributed by atoms with E-state index in [1.165, 1.54) is 16.7 Å². The van der Waals surface area contributed by atoms with E-state index in [2.05, 4.69) is 41.5 Å². The standard InChI is InChI=1S/C16H18N2.ClH/c1-12-11-17-9-7-13-5-6-14(10-15(12)13)16-4-2-3-8-18-16;/h2-6,8,10,12,17H,7,9,11H2,1H3;1H/t12-;/m1./s1. The van der Waals surface area contributed by atoms with Crippen LogP contribution in [-0.4, -0.2) is 18.1 Å². The van der Waals surface area contributed by atoms with E-state index in [0.717, 1.165) is 25.2 Å². The molecule has 0 bridgehead atoms. The zero-order chi connectivity index (χ0) is 12.4. The number of hydrogen-bond acceptors (Lipinski definition) is 2. The van der Waals surface area contributed by atoms with Gasteiger partial charge >= 0.3 is 0 Å². The molecule has 3 heteroatoms. The number of halogens is 1. The second-order valence-electron chi connectivity index (χ2n) is 4.98. The van der Waals surface area contributed by atoms with E-state index in [4.69, 9.17) is 0 Å². The van der Waals surface area contributed by atoms with Crippen molar-refractivity contribution < 1.29 is 0 Å². The van der Waals surface area contributed by atoms with Gasteiger partial charge in [-0.2, -0.15) is 0 Å². The summed E-state index contributed by atoms with van der Waals surface area (Å²) >= 11 is 0. The minimum atomic E-state index is 0. The summed E-state index contributed by atoms with van der Waals surface area (Å²) in [5.74, 6) is 0.575. The Morgan fingerprint density at radius 2 is 2.11 bits per heavy atom. The Kier molecular flexibility index (Phi) is 4.56. The number of rotatable bonds is 1. The molecule has 19 heavy (non-hydrogen) atoms. The summed E-state index contributed by atoms with van der Waals surface area (Å²) in [4.78, 5) is 4.43. The highest BCUT2D eigenvalue weighted by Gasteiger charge is 2.15. The van der Waals surface area contributed by atoms with Crippen molar-refractivity contribution in [3.63, 3.8) is 0 Å². The summed E-state index contributed by atoms with van der Waals surface area (Å²) in [6.45, 7) is 4.44. The van der Waals surface area contributed by atoms with Crippen LogP contribution in [-0.2, 0) is 6.42 Å². The van der Waals surface area contributed by atoms with E-state index < -0.39 is 0 Å². The quantitative estimate of drug-likeness (QED) is 0.862. The third kappa shape index (κ3) is 2.96. The summed E-state index contributed by atoms with van der Waals surface area (Å²) in [6.07, 6.45) is 2.98. The maximum absolute atomic E-state index is 4.43. The lowest BCUT2D eigenvalue weighted by molar-refractivity contribution is 0.644. The van der Waals surface area contributed by atoms with Gasteiger partial charge in [0.15, 0.2) is 0 Å². The molecule has 0 aliphatic carbocycles. The lowest BCUT2D eigenvalue weighted by atomic mass is 9.92. The largest absolute Gasteiger partial charge is 0.316 e. The SMILES string of the molecule is C[C@@H]1CNCCc2ccc(-c3ccccn3)cc21.Cl. The van der Waals surface area contributed by atoms with Crippen molar-refractivity contribution in [3.8, 4) is 11.3 Å². The Balaban J connectivity index is 0.00000133. The Hall–Kier alpha value is -1.38. The molecule has 0 amide bonds. The van der Waals surface area contributed by atoms with Crippen LogP contribution in [0.4, 0.5) is 0 Å². The van der Waals surface area contributed by atoms with Crippen molar-refractivity contribution in [1.82, 2.24) is 10.3 Å². The average molecular weight is 275 g/mol. The first-order valence-electron chi connectivity index (χ1n) is 6.59. The number of aromatic nitrogens is 1. The fourth-order valence-electron chi connectivity index (χ4n) is 2.63. The number of nitrogens with zero attached hydrogens (tertiary/aromatic N) is 1. The van der Waals surface area contributed by atoms with Crippen molar-refractivity contribution in [1.29, 1.82) is 0 Å². The maximum Gasteiger partial charge on any atom is 0.0702 e. The molecule has 1 aromatic heterocycles. The maximum atomic E-state index is 4.43. The first-order valence-corrected chi connectivity index (χ1v) is 6.59. The normalized spacial score (nSPS) is 18.1. The summed E-state index contributed by atoms with van der Waals surface area (Å²) in [5, 5.41) is 3.49. The molecule has 2 nitrogen and oxygen atoms in total. The van der Waals surface area contributed by atoms with Crippen LogP contribution in [0.3, 0.4) is 0 Å². The van der Waals surface area contributed by atoms with Gasteiger partial charge in [0.05, 0.1) is 5.69 Å². The van der Waals surface area contributed by atoms with Crippen molar-refractivity contribution in [2.45, 2.75) is 19.3 Å². The van der Waals surface area contributed by atoms with Gasteiger partial charge in [0.25, 0.3) is 0 Å². The molecular formula is C16H19ClN2. The van der Waals surface area contributed by atoms with Crippen LogP contribution >= 0.6 is 12.4 Å². The van der Waals surface area contributed by atoms with Crippen molar-refractivity contribution in [2.75, 3.05) is 13.1 Å². The molecule has 0 radical (unpaired) electrons. The fourth-order valence-corrected chi connectivity index (χ4v) is 2.63. The molecule has 1 N–H and O–H groups in total. The molecule has 0 saturated heterocycles. The van der Waals surface area contributed by atoms with Gasteiger partial charge in [-0.25, -0.2) is 0 Å². The van der Waals surface area contributed by atoms with Crippen LogP contribution in [0.5, 0.6) is 0 Å². The van der Waals surface area contributed by atoms with Crippen molar-refractivity contribution in [3.05, 3.63) is 53.7 Å². The van der Waals surface area contributed by atoms with E-state index in [9.17, 15) is 0 Å². The smallest absolute Gasteiger partial charge is 0.0702 e. The molecule has 100 valence electrons. The summed E-state index contributed by atoms with van der Waals surface area (Å²) in [7, 11) is 0. The second kappa shape index (κ2) is 6.18. The van der Waals surface area contributed by atoms with Crippen LogP contribution in [0.1, 0.15) is 24.0 Å². The second-order valence-corrected chi connectivity index (χ2v) is 4.98. The van der Waals surface area contributed by atoms with E-state index >= 15 is 0 Å². The predicted octanol–water partition coefficient (Wildman–Crippen LogP) is 3.42. The van der Waals surface area contributed by atoms with Gasteiger partial charge in [-0.15, -0.1) is 12.4 Å². The zero-order valence-corrected chi connectivity index (χ0v) is 11.9. The minimum Gasteiger partial charge on any atom is -0.316 e. The van der Waals surface area contributed by atoms with Gasteiger partial charge in [0, 0.05) is 18.3 Å². The molecule has 1 aromatic carbocycles. The fraction of sp³-hybridized carbons (Fsp3) is 0.312. The molecule has 1 atom stereocenters. The molecule has 1 aliphatic rings. The highest BCUT2D eigenvalue weighted by Crippen LogP contribution is 2.27. The van der Waals surface area contributed by atoms with Crippen LogP contribution in [0, 0.1) is 0 Å². The highest BCUT2D eigenvalue weighted by atomic mass is 35.5. The Bertz CT molecular complexity index is 540. The Labute approximate surface area is 120 Å².